The van der Waals surface area contributed by atoms with Crippen LogP contribution in [0.3, 0.4) is 0 Å². The van der Waals surface area contributed by atoms with Crippen molar-refractivity contribution in [3.05, 3.63) is 36.5 Å². The summed E-state index contributed by atoms with van der Waals surface area (Å²) in [6.07, 6.45) is -2.76. The van der Waals surface area contributed by atoms with Gasteiger partial charge in [0.1, 0.15) is 5.75 Å². The Morgan fingerprint density at radius 1 is 1.29 bits per heavy atom. The van der Waals surface area contributed by atoms with Gasteiger partial charge in [-0.1, -0.05) is 6.07 Å². The summed E-state index contributed by atoms with van der Waals surface area (Å²) >= 11 is 0. The Morgan fingerprint density at radius 3 is 2.76 bits per heavy atom. The number of fused-ring (bicyclic) bond motifs is 1. The largest absolute Gasteiger partial charge is 0.501 e. The van der Waals surface area contributed by atoms with E-state index in [0.717, 1.165) is 0 Å². The lowest BCUT2D eigenvalue weighted by Crippen LogP contribution is -2.34. The van der Waals surface area contributed by atoms with Gasteiger partial charge >= 0.3 is 12.1 Å². The van der Waals surface area contributed by atoms with Gasteiger partial charge < -0.3 is 9.84 Å². The highest BCUT2D eigenvalue weighted by Gasteiger charge is 2.42. The molecule has 0 spiro atoms. The summed E-state index contributed by atoms with van der Waals surface area (Å²) < 4.78 is 30.0. The molecule has 0 saturated carbocycles. The van der Waals surface area contributed by atoms with Crippen molar-refractivity contribution in [3.8, 4) is 5.75 Å². The number of pyridine rings is 1. The number of aliphatic carboxylic acids is 1. The molecule has 0 amide bonds. The van der Waals surface area contributed by atoms with Crippen molar-refractivity contribution in [2.24, 2.45) is 0 Å². The fraction of sp³-hybridized carbons (Fsp3) is 0.0909. The Bertz CT molecular complexity index is 566. The number of benzene rings is 1. The summed E-state index contributed by atoms with van der Waals surface area (Å²) in [6.45, 7) is 0. The van der Waals surface area contributed by atoms with E-state index in [1.807, 2.05) is 0 Å². The number of carbonyl (C=O) groups is 1. The third-order valence-electron chi connectivity index (χ3n) is 2.09. The number of carboxylic acid groups (broad SMARTS) is 1. The van der Waals surface area contributed by atoms with Gasteiger partial charge in [0, 0.05) is 11.6 Å². The second-order valence-electron chi connectivity index (χ2n) is 3.25. The van der Waals surface area contributed by atoms with Gasteiger partial charge in [0.2, 0.25) is 0 Å². The predicted octanol–water partition coefficient (Wildman–Crippen LogP) is 2.29. The number of alkyl halides is 2. The van der Waals surface area contributed by atoms with Crippen LogP contribution in [0.1, 0.15) is 0 Å². The van der Waals surface area contributed by atoms with Crippen LogP contribution in [0.15, 0.2) is 36.5 Å². The molecule has 0 atom stereocenters. The molecule has 0 saturated heterocycles. The Hall–Kier alpha value is -2.24. The molecular weight excluding hydrogens is 232 g/mol. The van der Waals surface area contributed by atoms with Gasteiger partial charge in [0.15, 0.2) is 0 Å². The fourth-order valence-electron chi connectivity index (χ4n) is 1.35. The van der Waals surface area contributed by atoms with E-state index in [0.29, 0.717) is 10.9 Å². The summed E-state index contributed by atoms with van der Waals surface area (Å²) in [4.78, 5) is 14.2. The molecule has 0 radical (unpaired) electrons. The topological polar surface area (TPSA) is 59.4 Å². The van der Waals surface area contributed by atoms with E-state index in [1.54, 1.807) is 12.1 Å². The minimum absolute atomic E-state index is 0.219. The van der Waals surface area contributed by atoms with E-state index < -0.39 is 12.1 Å². The van der Waals surface area contributed by atoms with Gasteiger partial charge in [0.25, 0.3) is 0 Å². The van der Waals surface area contributed by atoms with Crippen LogP contribution in [0.4, 0.5) is 8.78 Å². The van der Waals surface area contributed by atoms with Gasteiger partial charge in [-0.3, -0.25) is 4.98 Å². The van der Waals surface area contributed by atoms with Crippen molar-refractivity contribution in [3.63, 3.8) is 0 Å². The SMILES string of the molecule is O=C(O)C(F)(F)Oc1cccc2ncccc12. The molecule has 2 rings (SSSR count). The number of hydrogen-bond donors (Lipinski definition) is 1. The summed E-state index contributed by atoms with van der Waals surface area (Å²) in [5, 5.41) is 8.61. The fourth-order valence-corrected chi connectivity index (χ4v) is 1.35. The summed E-state index contributed by atoms with van der Waals surface area (Å²) in [6, 6.07) is 7.41. The molecule has 0 fully saturated rings. The van der Waals surface area contributed by atoms with Gasteiger partial charge in [-0.25, -0.2) is 4.79 Å². The molecule has 0 aliphatic rings. The average molecular weight is 239 g/mol. The smallest absolute Gasteiger partial charge is 0.474 e. The second-order valence-corrected chi connectivity index (χ2v) is 3.25. The zero-order valence-electron chi connectivity index (χ0n) is 8.43. The monoisotopic (exact) mass is 239 g/mol. The number of hydrogen-bond acceptors (Lipinski definition) is 3. The van der Waals surface area contributed by atoms with Gasteiger partial charge in [-0.2, -0.15) is 8.78 Å². The Morgan fingerprint density at radius 2 is 2.06 bits per heavy atom. The first-order valence-electron chi connectivity index (χ1n) is 4.65. The van der Waals surface area contributed by atoms with E-state index in [-0.39, 0.29) is 5.75 Å². The third-order valence-corrected chi connectivity index (χ3v) is 2.09. The molecule has 1 aromatic carbocycles. The van der Waals surface area contributed by atoms with Crippen LogP contribution < -0.4 is 4.74 Å². The standard InChI is InChI=1S/C11H7F2NO3/c12-11(13,10(15)16)17-9-5-1-4-8-7(9)3-2-6-14-8/h1-6H,(H,15,16). The van der Waals surface area contributed by atoms with Crippen molar-refractivity contribution >= 4 is 16.9 Å². The normalized spacial score (nSPS) is 11.4. The highest BCUT2D eigenvalue weighted by Crippen LogP contribution is 2.28. The van der Waals surface area contributed by atoms with Crippen molar-refractivity contribution in [1.82, 2.24) is 4.98 Å². The number of halogens is 2. The lowest BCUT2D eigenvalue weighted by molar-refractivity contribution is -0.210. The first-order chi connectivity index (χ1) is 8.00. The molecule has 0 bridgehead atoms. The first kappa shape index (κ1) is 11.3. The zero-order valence-corrected chi connectivity index (χ0v) is 8.43. The molecule has 2 aromatic rings. The highest BCUT2D eigenvalue weighted by atomic mass is 19.3. The van der Waals surface area contributed by atoms with Crippen LogP contribution in [-0.2, 0) is 4.79 Å². The van der Waals surface area contributed by atoms with E-state index in [2.05, 4.69) is 9.72 Å². The Labute approximate surface area is 94.5 Å². The first-order valence-corrected chi connectivity index (χ1v) is 4.65. The highest BCUT2D eigenvalue weighted by molar-refractivity contribution is 5.85. The lowest BCUT2D eigenvalue weighted by Gasteiger charge is -2.14. The third kappa shape index (κ3) is 2.15. The summed E-state index contributed by atoms with van der Waals surface area (Å²) in [5.41, 5.74) is 0.450. The van der Waals surface area contributed by atoms with Crippen LogP contribution >= 0.6 is 0 Å². The summed E-state index contributed by atoms with van der Waals surface area (Å²) in [7, 11) is 0. The van der Waals surface area contributed by atoms with Crippen molar-refractivity contribution in [2.75, 3.05) is 0 Å². The number of carboxylic acids is 1. The molecule has 1 aromatic heterocycles. The van der Waals surface area contributed by atoms with Crippen LogP contribution in [-0.4, -0.2) is 22.2 Å². The maximum absolute atomic E-state index is 12.9. The molecule has 1 N–H and O–H groups in total. The molecule has 6 heteroatoms. The van der Waals surface area contributed by atoms with Crippen LogP contribution in [0.25, 0.3) is 10.9 Å². The minimum atomic E-state index is -4.26. The van der Waals surface area contributed by atoms with Gasteiger partial charge in [-0.05, 0) is 24.3 Å². The van der Waals surface area contributed by atoms with Crippen LogP contribution in [0, 0.1) is 0 Å². The number of nitrogens with zero attached hydrogens (tertiary/aromatic N) is 1. The number of rotatable bonds is 3. The maximum Gasteiger partial charge on any atom is 0.501 e. The van der Waals surface area contributed by atoms with E-state index >= 15 is 0 Å². The molecule has 4 nitrogen and oxygen atoms in total. The molecule has 17 heavy (non-hydrogen) atoms. The van der Waals surface area contributed by atoms with E-state index in [1.165, 1.54) is 24.4 Å². The van der Waals surface area contributed by atoms with Crippen LogP contribution in [0.2, 0.25) is 0 Å². The van der Waals surface area contributed by atoms with E-state index in [9.17, 15) is 13.6 Å². The van der Waals surface area contributed by atoms with E-state index in [4.69, 9.17) is 5.11 Å². The van der Waals surface area contributed by atoms with Crippen LogP contribution in [0.5, 0.6) is 5.75 Å². The molecule has 0 aliphatic carbocycles. The average Bonchev–Trinajstić information content (AvgIpc) is 2.29. The van der Waals surface area contributed by atoms with Crippen molar-refractivity contribution in [2.45, 2.75) is 6.11 Å². The number of aromatic nitrogens is 1. The molecule has 0 unspecified atom stereocenters. The molecule has 1 heterocycles. The van der Waals surface area contributed by atoms with Gasteiger partial charge in [-0.15, -0.1) is 0 Å². The molecule has 88 valence electrons. The molecular formula is C11H7F2NO3. The molecule has 0 aliphatic heterocycles. The Kier molecular flexibility index (Phi) is 2.63. The lowest BCUT2D eigenvalue weighted by atomic mass is 10.2. The van der Waals surface area contributed by atoms with Crippen molar-refractivity contribution in [1.29, 1.82) is 0 Å². The minimum Gasteiger partial charge on any atom is -0.474 e. The maximum atomic E-state index is 12.9. The van der Waals surface area contributed by atoms with Gasteiger partial charge in [0.05, 0.1) is 5.52 Å². The quantitative estimate of drug-likeness (QED) is 0.892. The summed E-state index contributed by atoms with van der Waals surface area (Å²) in [5.74, 6) is -2.55. The second kappa shape index (κ2) is 3.97. The Balaban J connectivity index is 2.46. The predicted molar refractivity (Wildman–Crippen MR) is 55.0 cm³/mol. The van der Waals surface area contributed by atoms with Crippen molar-refractivity contribution < 1.29 is 23.4 Å². The number of ether oxygens (including phenoxy) is 1. The zero-order chi connectivity index (χ0) is 12.5.